The number of hydrogen-bond donors (Lipinski definition) is 0. The van der Waals surface area contributed by atoms with E-state index in [9.17, 15) is 4.79 Å². The summed E-state index contributed by atoms with van der Waals surface area (Å²) in [6.07, 6.45) is 6.39. The molecule has 2 heterocycles. The first-order chi connectivity index (χ1) is 8.22. The van der Waals surface area contributed by atoms with E-state index in [1.165, 1.54) is 0 Å². The van der Waals surface area contributed by atoms with Gasteiger partial charge >= 0.3 is 0 Å². The van der Waals surface area contributed by atoms with Crippen LogP contribution in [0.15, 0.2) is 30.6 Å². The van der Waals surface area contributed by atoms with E-state index in [-0.39, 0.29) is 5.78 Å². The maximum Gasteiger partial charge on any atom is 0.166 e. The standard InChI is InChI=1S/C14H18N2O/c1-3-6-11(2)9-14(17)12-10-15-16-8-5-4-7-13(12)16/h4-5,7-8,10-11H,3,6,9H2,1-2H3. The first-order valence-electron chi connectivity index (χ1n) is 6.18. The average molecular weight is 230 g/mol. The van der Waals surface area contributed by atoms with Crippen molar-refractivity contribution in [2.75, 3.05) is 0 Å². The second kappa shape index (κ2) is 5.13. The van der Waals surface area contributed by atoms with Crippen molar-refractivity contribution in [3.63, 3.8) is 0 Å². The highest BCUT2D eigenvalue weighted by Crippen LogP contribution is 2.17. The number of fused-ring (bicyclic) bond motifs is 1. The first kappa shape index (κ1) is 11.8. The molecule has 3 heteroatoms. The zero-order valence-corrected chi connectivity index (χ0v) is 10.4. The Balaban J connectivity index is 2.19. The third-order valence-corrected chi connectivity index (χ3v) is 3.04. The normalized spacial score (nSPS) is 12.8. The van der Waals surface area contributed by atoms with Crippen LogP contribution >= 0.6 is 0 Å². The maximum atomic E-state index is 12.2. The predicted molar refractivity (Wildman–Crippen MR) is 68.2 cm³/mol. The molecule has 2 aromatic heterocycles. The Hall–Kier alpha value is -1.64. The molecule has 0 fully saturated rings. The number of carbonyl (C=O) groups is 1. The monoisotopic (exact) mass is 230 g/mol. The van der Waals surface area contributed by atoms with Gasteiger partial charge in [-0.2, -0.15) is 5.10 Å². The molecule has 0 saturated carbocycles. The molecule has 0 aliphatic carbocycles. The molecule has 0 aliphatic heterocycles. The molecule has 2 rings (SSSR count). The quantitative estimate of drug-likeness (QED) is 0.738. The highest BCUT2D eigenvalue weighted by molar-refractivity contribution is 6.02. The number of pyridine rings is 1. The van der Waals surface area contributed by atoms with Gasteiger partial charge < -0.3 is 0 Å². The van der Waals surface area contributed by atoms with Crippen molar-refractivity contribution in [2.45, 2.75) is 33.1 Å². The van der Waals surface area contributed by atoms with Gasteiger partial charge in [-0.25, -0.2) is 4.52 Å². The summed E-state index contributed by atoms with van der Waals surface area (Å²) >= 11 is 0. The summed E-state index contributed by atoms with van der Waals surface area (Å²) in [5.41, 5.74) is 1.65. The zero-order chi connectivity index (χ0) is 12.3. The molecule has 90 valence electrons. The molecule has 1 unspecified atom stereocenters. The number of nitrogens with zero attached hydrogens (tertiary/aromatic N) is 2. The van der Waals surface area contributed by atoms with Crippen LogP contribution in [0, 0.1) is 5.92 Å². The second-order valence-electron chi connectivity index (χ2n) is 4.61. The summed E-state index contributed by atoms with van der Waals surface area (Å²) in [5.74, 6) is 0.651. The summed E-state index contributed by atoms with van der Waals surface area (Å²) < 4.78 is 1.75. The number of Topliss-reactive ketones (excluding diaryl/α,β-unsaturated/α-hetero) is 1. The van der Waals surface area contributed by atoms with Crippen LogP contribution in [0.5, 0.6) is 0 Å². The van der Waals surface area contributed by atoms with Crippen LogP contribution < -0.4 is 0 Å². The van der Waals surface area contributed by atoms with Crippen LogP contribution in [0.2, 0.25) is 0 Å². The van der Waals surface area contributed by atoms with Crippen molar-refractivity contribution in [3.8, 4) is 0 Å². The van der Waals surface area contributed by atoms with Gasteiger partial charge in [0.1, 0.15) is 0 Å². The Morgan fingerprint density at radius 1 is 1.47 bits per heavy atom. The van der Waals surface area contributed by atoms with Crippen molar-refractivity contribution in [1.29, 1.82) is 0 Å². The molecule has 3 nitrogen and oxygen atoms in total. The highest BCUT2D eigenvalue weighted by atomic mass is 16.1. The Labute approximate surface area is 101 Å². The van der Waals surface area contributed by atoms with Crippen LogP contribution in [0.1, 0.15) is 43.5 Å². The van der Waals surface area contributed by atoms with E-state index in [0.29, 0.717) is 12.3 Å². The minimum Gasteiger partial charge on any atom is -0.294 e. The SMILES string of the molecule is CCCC(C)CC(=O)c1cnn2ccccc12. The number of ketones is 1. The molecule has 0 amide bonds. The van der Waals surface area contributed by atoms with Crippen molar-refractivity contribution in [3.05, 3.63) is 36.2 Å². The van der Waals surface area contributed by atoms with Crippen molar-refractivity contribution >= 4 is 11.3 Å². The van der Waals surface area contributed by atoms with Crippen LogP contribution in [0.25, 0.3) is 5.52 Å². The summed E-state index contributed by atoms with van der Waals surface area (Å²) in [6.45, 7) is 4.28. The fraction of sp³-hybridized carbons (Fsp3) is 0.429. The molecule has 0 aromatic carbocycles. The summed E-state index contributed by atoms with van der Waals surface area (Å²) in [4.78, 5) is 12.2. The van der Waals surface area contributed by atoms with E-state index in [1.807, 2.05) is 24.4 Å². The molecule has 2 aromatic rings. The number of aromatic nitrogens is 2. The lowest BCUT2D eigenvalue weighted by Crippen LogP contribution is -2.05. The maximum absolute atomic E-state index is 12.2. The second-order valence-corrected chi connectivity index (χ2v) is 4.61. The highest BCUT2D eigenvalue weighted by Gasteiger charge is 2.14. The van der Waals surface area contributed by atoms with Gasteiger partial charge in [0.15, 0.2) is 5.78 Å². The van der Waals surface area contributed by atoms with E-state index in [1.54, 1.807) is 10.7 Å². The lowest BCUT2D eigenvalue weighted by atomic mass is 9.97. The molecule has 0 radical (unpaired) electrons. The van der Waals surface area contributed by atoms with Crippen LogP contribution in [-0.4, -0.2) is 15.4 Å². The molecule has 17 heavy (non-hydrogen) atoms. The number of rotatable bonds is 5. The molecular weight excluding hydrogens is 212 g/mol. The van der Waals surface area contributed by atoms with Crippen molar-refractivity contribution in [1.82, 2.24) is 9.61 Å². The third kappa shape index (κ3) is 2.54. The molecule has 0 N–H and O–H groups in total. The van der Waals surface area contributed by atoms with Gasteiger partial charge in [0, 0.05) is 12.6 Å². The minimum absolute atomic E-state index is 0.201. The van der Waals surface area contributed by atoms with Crippen LogP contribution in [-0.2, 0) is 0 Å². The Bertz CT molecular complexity index is 516. The molecule has 0 bridgehead atoms. The van der Waals surface area contributed by atoms with Crippen molar-refractivity contribution < 1.29 is 4.79 Å². The molecule has 0 saturated heterocycles. The summed E-state index contributed by atoms with van der Waals surface area (Å²) in [6, 6.07) is 5.78. The van der Waals surface area contributed by atoms with E-state index < -0.39 is 0 Å². The lowest BCUT2D eigenvalue weighted by molar-refractivity contribution is 0.0964. The minimum atomic E-state index is 0.201. The summed E-state index contributed by atoms with van der Waals surface area (Å²) in [5, 5.41) is 4.19. The average Bonchev–Trinajstić information content (AvgIpc) is 2.72. The van der Waals surface area contributed by atoms with Crippen LogP contribution in [0.3, 0.4) is 0 Å². The zero-order valence-electron chi connectivity index (χ0n) is 10.4. The summed E-state index contributed by atoms with van der Waals surface area (Å²) in [7, 11) is 0. The van der Waals surface area contributed by atoms with Crippen LogP contribution in [0.4, 0.5) is 0 Å². The Kier molecular flexibility index (Phi) is 3.57. The van der Waals surface area contributed by atoms with E-state index in [0.717, 1.165) is 23.9 Å². The van der Waals surface area contributed by atoms with Gasteiger partial charge in [0.05, 0.1) is 17.3 Å². The molecule has 1 atom stereocenters. The first-order valence-corrected chi connectivity index (χ1v) is 6.18. The smallest absolute Gasteiger partial charge is 0.166 e. The van der Waals surface area contributed by atoms with E-state index >= 15 is 0 Å². The Morgan fingerprint density at radius 2 is 2.29 bits per heavy atom. The third-order valence-electron chi connectivity index (χ3n) is 3.04. The number of hydrogen-bond acceptors (Lipinski definition) is 2. The predicted octanol–water partition coefficient (Wildman–Crippen LogP) is 3.34. The number of carbonyl (C=O) groups excluding carboxylic acids is 1. The fourth-order valence-corrected chi connectivity index (χ4v) is 2.17. The van der Waals surface area contributed by atoms with Gasteiger partial charge in [-0.1, -0.05) is 32.8 Å². The van der Waals surface area contributed by atoms with Crippen molar-refractivity contribution in [2.24, 2.45) is 5.92 Å². The Morgan fingerprint density at radius 3 is 3.06 bits per heavy atom. The largest absolute Gasteiger partial charge is 0.294 e. The fourth-order valence-electron chi connectivity index (χ4n) is 2.17. The lowest BCUT2D eigenvalue weighted by Gasteiger charge is -2.07. The van der Waals surface area contributed by atoms with Gasteiger partial charge in [-0.15, -0.1) is 0 Å². The van der Waals surface area contributed by atoms with Gasteiger partial charge in [0.2, 0.25) is 0 Å². The van der Waals surface area contributed by atoms with E-state index in [4.69, 9.17) is 0 Å². The van der Waals surface area contributed by atoms with E-state index in [2.05, 4.69) is 18.9 Å². The van der Waals surface area contributed by atoms with Gasteiger partial charge in [-0.05, 0) is 18.1 Å². The topological polar surface area (TPSA) is 34.4 Å². The van der Waals surface area contributed by atoms with Gasteiger partial charge in [0.25, 0.3) is 0 Å². The molecular formula is C14H18N2O. The molecule has 0 aliphatic rings. The molecule has 0 spiro atoms. The van der Waals surface area contributed by atoms with Gasteiger partial charge in [-0.3, -0.25) is 4.79 Å².